The molecule has 0 saturated heterocycles. The maximum Gasteiger partial charge on any atom is 0.236 e. The molecule has 3 aromatic heterocycles. The van der Waals surface area contributed by atoms with Crippen molar-refractivity contribution in [2.24, 2.45) is 0 Å². The number of nitrogens with one attached hydrogen (secondary N) is 1. The van der Waals surface area contributed by atoms with Gasteiger partial charge in [0, 0.05) is 18.1 Å². The first-order valence-electron chi connectivity index (χ1n) is 8.32. The summed E-state index contributed by atoms with van der Waals surface area (Å²) in [5, 5.41) is 12.7. The Morgan fingerprint density at radius 3 is 2.85 bits per heavy atom. The van der Waals surface area contributed by atoms with Crippen molar-refractivity contribution >= 4 is 45.6 Å². The van der Waals surface area contributed by atoms with Crippen LogP contribution in [0.3, 0.4) is 0 Å². The van der Waals surface area contributed by atoms with Gasteiger partial charge in [0.15, 0.2) is 5.65 Å². The van der Waals surface area contributed by atoms with E-state index >= 15 is 0 Å². The molecule has 27 heavy (non-hydrogen) atoms. The number of anilines is 1. The van der Waals surface area contributed by atoms with Crippen LogP contribution in [0.1, 0.15) is 0 Å². The average Bonchev–Trinajstić information content (AvgIpc) is 3.01. The summed E-state index contributed by atoms with van der Waals surface area (Å²) >= 11 is 1.24. The molecule has 0 aliphatic carbocycles. The number of nitrogens with zero attached hydrogens (tertiary/aromatic N) is 5. The predicted molar refractivity (Wildman–Crippen MR) is 107 cm³/mol. The van der Waals surface area contributed by atoms with Gasteiger partial charge in [-0.05, 0) is 18.2 Å². The summed E-state index contributed by atoms with van der Waals surface area (Å²) in [7, 11) is 0. The summed E-state index contributed by atoms with van der Waals surface area (Å²) in [6.07, 6.45) is 3.45. The number of pyridine rings is 1. The number of fused-ring (bicyclic) bond motifs is 3. The minimum atomic E-state index is -0.172. The zero-order valence-electron chi connectivity index (χ0n) is 14.4. The van der Waals surface area contributed by atoms with Crippen LogP contribution in [0.4, 0.5) is 5.82 Å². The van der Waals surface area contributed by atoms with Crippen molar-refractivity contribution in [1.82, 2.24) is 24.7 Å². The van der Waals surface area contributed by atoms with Gasteiger partial charge in [-0.2, -0.15) is 0 Å². The van der Waals surface area contributed by atoms with Gasteiger partial charge in [-0.25, -0.2) is 9.97 Å². The number of carbonyl (C=O) groups is 1. The van der Waals surface area contributed by atoms with Crippen LogP contribution in [0, 0.1) is 0 Å². The van der Waals surface area contributed by atoms with Gasteiger partial charge in [0.05, 0.1) is 11.3 Å². The van der Waals surface area contributed by atoms with E-state index in [1.54, 1.807) is 18.3 Å². The average molecular weight is 376 g/mol. The van der Waals surface area contributed by atoms with Gasteiger partial charge in [-0.1, -0.05) is 42.1 Å². The van der Waals surface area contributed by atoms with Gasteiger partial charge in [0.2, 0.25) is 11.1 Å². The first-order valence-corrected chi connectivity index (χ1v) is 9.31. The minimum Gasteiger partial charge on any atom is -0.320 e. The van der Waals surface area contributed by atoms with Crippen LogP contribution in [0.2, 0.25) is 0 Å². The third-order valence-corrected chi connectivity index (χ3v) is 4.77. The van der Waals surface area contributed by atoms with E-state index in [1.807, 2.05) is 41.0 Å². The van der Waals surface area contributed by atoms with Crippen LogP contribution in [0.25, 0.3) is 22.1 Å². The minimum absolute atomic E-state index is 0.172. The highest BCUT2D eigenvalue weighted by Crippen LogP contribution is 2.27. The highest BCUT2D eigenvalue weighted by molar-refractivity contribution is 7.99. The molecule has 0 radical (unpaired) electrons. The van der Waals surface area contributed by atoms with Gasteiger partial charge in [-0.3, -0.25) is 4.79 Å². The van der Waals surface area contributed by atoms with E-state index in [4.69, 9.17) is 0 Å². The Bertz CT molecular complexity index is 1130. The number of hydrogen-bond acceptors (Lipinski definition) is 6. The number of carbonyl (C=O) groups excluding carboxylic acids is 1. The molecule has 0 aliphatic heterocycles. The molecule has 4 rings (SSSR count). The molecule has 0 saturated carbocycles. The third-order valence-electron chi connectivity index (χ3n) is 3.93. The molecule has 0 spiro atoms. The first-order chi connectivity index (χ1) is 13.3. The number of amides is 1. The Kier molecular flexibility index (Phi) is 4.80. The molecule has 1 N–H and O–H groups in total. The summed E-state index contributed by atoms with van der Waals surface area (Å²) in [4.78, 5) is 20.8. The quantitative estimate of drug-likeness (QED) is 0.410. The zero-order chi connectivity index (χ0) is 18.6. The van der Waals surface area contributed by atoms with Gasteiger partial charge >= 0.3 is 0 Å². The molecule has 1 aromatic carbocycles. The molecule has 0 fully saturated rings. The fourth-order valence-corrected chi connectivity index (χ4v) is 3.39. The summed E-state index contributed by atoms with van der Waals surface area (Å²) < 4.78 is 2.05. The lowest BCUT2D eigenvalue weighted by Crippen LogP contribution is -2.15. The lowest BCUT2D eigenvalue weighted by Gasteiger charge is -2.04. The standard InChI is InChI=1S/C19H16N6OS/c1-2-11-25-14-8-4-3-7-13(14)17-18(25)22-19(24-23-17)27-12-16(26)21-15-9-5-6-10-20-15/h2-10H,1,11-12H2,(H,20,21,26). The monoisotopic (exact) mass is 376 g/mol. The molecule has 0 bridgehead atoms. The number of benzene rings is 1. The summed E-state index contributed by atoms with van der Waals surface area (Å²) in [6.45, 7) is 4.44. The molecule has 8 heteroatoms. The van der Waals surface area contributed by atoms with Crippen molar-refractivity contribution in [2.75, 3.05) is 11.1 Å². The Labute approximate surface area is 159 Å². The zero-order valence-corrected chi connectivity index (χ0v) is 15.2. The Balaban J connectivity index is 1.58. The number of para-hydroxylation sites is 1. The second-order valence-corrected chi connectivity index (χ2v) is 6.68. The van der Waals surface area contributed by atoms with E-state index in [0.717, 1.165) is 22.1 Å². The van der Waals surface area contributed by atoms with Crippen molar-refractivity contribution in [1.29, 1.82) is 0 Å². The molecule has 7 nitrogen and oxygen atoms in total. The maximum atomic E-state index is 12.1. The van der Waals surface area contributed by atoms with Crippen LogP contribution in [0.15, 0.2) is 66.5 Å². The second kappa shape index (κ2) is 7.55. The SMILES string of the molecule is C=CCn1c2ccccc2c2nnc(SCC(=O)Nc3ccccn3)nc21. The fraction of sp³-hybridized carbons (Fsp3) is 0.105. The lowest BCUT2D eigenvalue weighted by atomic mass is 10.2. The molecule has 4 aromatic rings. The Morgan fingerprint density at radius 1 is 1.19 bits per heavy atom. The number of aromatic nitrogens is 5. The lowest BCUT2D eigenvalue weighted by molar-refractivity contribution is -0.113. The van der Waals surface area contributed by atoms with Crippen molar-refractivity contribution in [3.05, 3.63) is 61.3 Å². The highest BCUT2D eigenvalue weighted by atomic mass is 32.2. The Hall–Kier alpha value is -3.26. The number of hydrogen-bond donors (Lipinski definition) is 1. The molecular formula is C19H16N6OS. The number of thioether (sulfide) groups is 1. The van der Waals surface area contributed by atoms with E-state index in [2.05, 4.69) is 32.1 Å². The second-order valence-electron chi connectivity index (χ2n) is 5.73. The fourth-order valence-electron chi connectivity index (χ4n) is 2.81. The van der Waals surface area contributed by atoms with Crippen LogP contribution < -0.4 is 5.32 Å². The van der Waals surface area contributed by atoms with E-state index in [1.165, 1.54) is 11.8 Å². The molecule has 0 aliphatic rings. The van der Waals surface area contributed by atoms with Gasteiger partial charge < -0.3 is 9.88 Å². The molecular weight excluding hydrogens is 360 g/mol. The van der Waals surface area contributed by atoms with Crippen LogP contribution in [-0.4, -0.2) is 36.4 Å². The molecule has 0 unspecified atom stereocenters. The number of allylic oxidation sites excluding steroid dienone is 1. The maximum absolute atomic E-state index is 12.1. The van der Waals surface area contributed by atoms with E-state index in [9.17, 15) is 4.79 Å². The molecule has 3 heterocycles. The van der Waals surface area contributed by atoms with Crippen LogP contribution >= 0.6 is 11.8 Å². The van der Waals surface area contributed by atoms with Crippen molar-refractivity contribution in [2.45, 2.75) is 11.7 Å². The van der Waals surface area contributed by atoms with Crippen LogP contribution in [-0.2, 0) is 11.3 Å². The Morgan fingerprint density at radius 2 is 2.04 bits per heavy atom. The molecule has 0 atom stereocenters. The van der Waals surface area contributed by atoms with Gasteiger partial charge in [0.1, 0.15) is 11.3 Å². The first kappa shape index (κ1) is 17.2. The third kappa shape index (κ3) is 3.52. The van der Waals surface area contributed by atoms with Crippen LogP contribution in [0.5, 0.6) is 0 Å². The van der Waals surface area contributed by atoms with Crippen molar-refractivity contribution in [3.63, 3.8) is 0 Å². The van der Waals surface area contributed by atoms with Gasteiger partial charge in [0.25, 0.3) is 0 Å². The van der Waals surface area contributed by atoms with E-state index < -0.39 is 0 Å². The topological polar surface area (TPSA) is 85.6 Å². The smallest absolute Gasteiger partial charge is 0.236 e. The summed E-state index contributed by atoms with van der Waals surface area (Å²) in [6, 6.07) is 13.3. The largest absolute Gasteiger partial charge is 0.320 e. The van der Waals surface area contributed by atoms with Crippen molar-refractivity contribution < 1.29 is 4.79 Å². The van der Waals surface area contributed by atoms with Crippen molar-refractivity contribution in [3.8, 4) is 0 Å². The summed E-state index contributed by atoms with van der Waals surface area (Å²) in [5.74, 6) is 0.517. The molecule has 1 amide bonds. The summed E-state index contributed by atoms with van der Waals surface area (Å²) in [5.41, 5.74) is 2.51. The number of rotatable bonds is 6. The van der Waals surface area contributed by atoms with E-state index in [0.29, 0.717) is 17.5 Å². The van der Waals surface area contributed by atoms with E-state index in [-0.39, 0.29) is 11.7 Å². The highest BCUT2D eigenvalue weighted by Gasteiger charge is 2.14. The van der Waals surface area contributed by atoms with Gasteiger partial charge in [-0.15, -0.1) is 16.8 Å². The molecule has 134 valence electrons. The predicted octanol–water partition coefficient (Wildman–Crippen LogP) is 3.29. The normalized spacial score (nSPS) is 11.0.